The Bertz CT molecular complexity index is 243. The van der Waals surface area contributed by atoms with Gasteiger partial charge in [0.1, 0.15) is 0 Å². The summed E-state index contributed by atoms with van der Waals surface area (Å²) in [6, 6.07) is 0. The fourth-order valence-corrected chi connectivity index (χ4v) is 1.77. The van der Waals surface area contributed by atoms with Crippen molar-refractivity contribution in [2.45, 2.75) is 70.6 Å². The second kappa shape index (κ2) is 13.2. The smallest absolute Gasteiger partial charge is 0.335 e. The molecule has 0 saturated heterocycles. The van der Waals surface area contributed by atoms with Gasteiger partial charge in [0.05, 0.1) is 13.2 Å². The SMILES string of the molecule is CCCCCCOC(=O)C(Cl)C(=O)OCCCCCC. The van der Waals surface area contributed by atoms with Gasteiger partial charge in [0.25, 0.3) is 0 Å². The van der Waals surface area contributed by atoms with Gasteiger partial charge in [0.2, 0.25) is 5.38 Å². The molecule has 0 rings (SSSR count). The second-order valence-corrected chi connectivity index (χ2v) is 5.26. The van der Waals surface area contributed by atoms with Crippen molar-refractivity contribution in [3.8, 4) is 0 Å². The number of unbranched alkanes of at least 4 members (excludes halogenated alkanes) is 6. The predicted molar refractivity (Wildman–Crippen MR) is 79.8 cm³/mol. The number of rotatable bonds is 12. The molecule has 4 nitrogen and oxygen atoms in total. The Balaban J connectivity index is 3.67. The molecule has 0 bridgehead atoms. The Morgan fingerprint density at radius 3 is 1.55 bits per heavy atom. The first-order valence-corrected chi connectivity index (χ1v) is 8.04. The summed E-state index contributed by atoms with van der Waals surface area (Å²) >= 11 is 5.71. The molecule has 0 aliphatic rings. The molecule has 0 aromatic heterocycles. The van der Waals surface area contributed by atoms with Crippen molar-refractivity contribution < 1.29 is 19.1 Å². The van der Waals surface area contributed by atoms with Crippen molar-refractivity contribution in [1.29, 1.82) is 0 Å². The van der Waals surface area contributed by atoms with Crippen molar-refractivity contribution >= 4 is 23.5 Å². The van der Waals surface area contributed by atoms with E-state index in [4.69, 9.17) is 21.1 Å². The number of alkyl halides is 1. The van der Waals surface area contributed by atoms with Gasteiger partial charge in [0.15, 0.2) is 0 Å². The number of hydrogen-bond donors (Lipinski definition) is 0. The molecular weight excluding hydrogens is 280 g/mol. The minimum absolute atomic E-state index is 0.311. The molecule has 0 aliphatic heterocycles. The van der Waals surface area contributed by atoms with Crippen molar-refractivity contribution in [3.63, 3.8) is 0 Å². The van der Waals surface area contributed by atoms with E-state index in [0.29, 0.717) is 13.2 Å². The molecule has 0 fully saturated rings. The third-order valence-electron chi connectivity index (χ3n) is 2.90. The van der Waals surface area contributed by atoms with E-state index < -0.39 is 17.3 Å². The average molecular weight is 307 g/mol. The molecule has 0 amide bonds. The van der Waals surface area contributed by atoms with E-state index in [-0.39, 0.29) is 0 Å². The van der Waals surface area contributed by atoms with Crippen LogP contribution in [0.3, 0.4) is 0 Å². The van der Waals surface area contributed by atoms with E-state index in [1.54, 1.807) is 0 Å². The van der Waals surface area contributed by atoms with Crippen LogP contribution in [0.1, 0.15) is 65.2 Å². The van der Waals surface area contributed by atoms with Crippen LogP contribution in [0.4, 0.5) is 0 Å². The molecule has 0 aromatic rings. The average Bonchev–Trinajstić information content (AvgIpc) is 2.45. The predicted octanol–water partition coefficient (Wildman–Crippen LogP) is 3.84. The minimum atomic E-state index is -1.34. The van der Waals surface area contributed by atoms with Crippen LogP contribution in [0, 0.1) is 0 Å². The lowest BCUT2D eigenvalue weighted by atomic mass is 10.2. The molecular formula is C15H27ClO4. The van der Waals surface area contributed by atoms with Crippen LogP contribution in [-0.2, 0) is 19.1 Å². The standard InChI is InChI=1S/C15H27ClO4/c1-3-5-7-9-11-19-14(17)13(16)15(18)20-12-10-8-6-4-2/h13H,3-12H2,1-2H3. The zero-order valence-corrected chi connectivity index (χ0v) is 13.4. The summed E-state index contributed by atoms with van der Waals surface area (Å²) in [6.07, 6.45) is 8.10. The highest BCUT2D eigenvalue weighted by Gasteiger charge is 2.26. The summed E-state index contributed by atoms with van der Waals surface area (Å²) < 4.78 is 9.89. The van der Waals surface area contributed by atoms with Crippen LogP contribution in [0.25, 0.3) is 0 Å². The monoisotopic (exact) mass is 306 g/mol. The van der Waals surface area contributed by atoms with Crippen LogP contribution < -0.4 is 0 Å². The van der Waals surface area contributed by atoms with E-state index in [1.165, 1.54) is 0 Å². The van der Waals surface area contributed by atoms with Gasteiger partial charge in [-0.25, -0.2) is 9.59 Å². The molecule has 20 heavy (non-hydrogen) atoms. The van der Waals surface area contributed by atoms with Gasteiger partial charge in [0, 0.05) is 0 Å². The molecule has 0 N–H and O–H groups in total. The maximum atomic E-state index is 11.5. The fraction of sp³-hybridized carbons (Fsp3) is 0.867. The minimum Gasteiger partial charge on any atom is -0.464 e. The normalized spacial score (nSPS) is 10.6. The maximum absolute atomic E-state index is 11.5. The van der Waals surface area contributed by atoms with E-state index in [9.17, 15) is 9.59 Å². The topological polar surface area (TPSA) is 52.6 Å². The molecule has 0 saturated carbocycles. The molecule has 5 heteroatoms. The molecule has 0 radical (unpaired) electrons. The van der Waals surface area contributed by atoms with Crippen molar-refractivity contribution in [2.75, 3.05) is 13.2 Å². The fourth-order valence-electron chi connectivity index (χ4n) is 1.65. The summed E-state index contributed by atoms with van der Waals surface area (Å²) in [7, 11) is 0. The molecule has 0 heterocycles. The highest BCUT2D eigenvalue weighted by atomic mass is 35.5. The van der Waals surface area contributed by atoms with E-state index in [1.807, 2.05) is 0 Å². The summed E-state index contributed by atoms with van der Waals surface area (Å²) in [5.74, 6) is -1.41. The Labute approximate surface area is 127 Å². The summed E-state index contributed by atoms with van der Waals surface area (Å²) in [6.45, 7) is 4.84. The highest BCUT2D eigenvalue weighted by molar-refractivity contribution is 6.39. The van der Waals surface area contributed by atoms with Crippen molar-refractivity contribution in [2.24, 2.45) is 0 Å². The van der Waals surface area contributed by atoms with Gasteiger partial charge >= 0.3 is 11.9 Å². The molecule has 118 valence electrons. The molecule has 0 unspecified atom stereocenters. The van der Waals surface area contributed by atoms with Gasteiger partial charge in [-0.3, -0.25) is 0 Å². The number of carbonyl (C=O) groups excluding carboxylic acids is 2. The lowest BCUT2D eigenvalue weighted by molar-refractivity contribution is -0.154. The van der Waals surface area contributed by atoms with Crippen molar-refractivity contribution in [1.82, 2.24) is 0 Å². The Morgan fingerprint density at radius 1 is 0.800 bits per heavy atom. The highest BCUT2D eigenvalue weighted by Crippen LogP contribution is 2.06. The third-order valence-corrected chi connectivity index (χ3v) is 3.25. The van der Waals surface area contributed by atoms with Gasteiger partial charge in [-0.2, -0.15) is 0 Å². The van der Waals surface area contributed by atoms with E-state index >= 15 is 0 Å². The number of ether oxygens (including phenoxy) is 2. The van der Waals surface area contributed by atoms with E-state index in [0.717, 1.165) is 51.4 Å². The van der Waals surface area contributed by atoms with Crippen molar-refractivity contribution in [3.05, 3.63) is 0 Å². The number of carbonyl (C=O) groups is 2. The molecule has 0 aliphatic carbocycles. The van der Waals surface area contributed by atoms with Crippen LogP contribution in [-0.4, -0.2) is 30.5 Å². The lowest BCUT2D eigenvalue weighted by Gasteiger charge is -2.10. The van der Waals surface area contributed by atoms with Crippen LogP contribution in [0.15, 0.2) is 0 Å². The second-order valence-electron chi connectivity index (χ2n) is 4.82. The first-order chi connectivity index (χ1) is 9.63. The quantitative estimate of drug-likeness (QED) is 0.238. The summed E-state index contributed by atoms with van der Waals surface area (Å²) in [5, 5.41) is -1.34. The number of hydrogen-bond acceptors (Lipinski definition) is 4. The van der Waals surface area contributed by atoms with E-state index in [2.05, 4.69) is 13.8 Å². The first-order valence-electron chi connectivity index (χ1n) is 7.60. The zero-order valence-electron chi connectivity index (χ0n) is 12.7. The zero-order chi connectivity index (χ0) is 15.2. The molecule has 0 aromatic carbocycles. The molecule has 0 atom stereocenters. The maximum Gasteiger partial charge on any atom is 0.335 e. The van der Waals surface area contributed by atoms with Gasteiger partial charge < -0.3 is 9.47 Å². The van der Waals surface area contributed by atoms with Crippen LogP contribution in [0.2, 0.25) is 0 Å². The van der Waals surface area contributed by atoms with Crippen LogP contribution >= 0.6 is 11.6 Å². The largest absolute Gasteiger partial charge is 0.464 e. The van der Waals surface area contributed by atoms with Gasteiger partial charge in [-0.05, 0) is 12.8 Å². The third kappa shape index (κ3) is 10.1. The first kappa shape index (κ1) is 19.2. The summed E-state index contributed by atoms with van der Waals surface area (Å²) in [4.78, 5) is 23.0. The van der Waals surface area contributed by atoms with Gasteiger partial charge in [-0.15, -0.1) is 0 Å². The Kier molecular flexibility index (Phi) is 12.7. The Hall–Kier alpha value is -0.770. The lowest BCUT2D eigenvalue weighted by Crippen LogP contribution is -2.29. The number of esters is 2. The van der Waals surface area contributed by atoms with Crippen LogP contribution in [0.5, 0.6) is 0 Å². The Morgan fingerprint density at radius 2 is 1.20 bits per heavy atom. The summed E-state index contributed by atoms with van der Waals surface area (Å²) in [5.41, 5.74) is 0. The van der Waals surface area contributed by atoms with Gasteiger partial charge in [-0.1, -0.05) is 64.0 Å². The molecule has 0 spiro atoms. The number of halogens is 1.